The molecular formula is C20H16BrN5O3. The van der Waals surface area contributed by atoms with E-state index in [2.05, 4.69) is 41.3 Å². The first kappa shape index (κ1) is 19.0. The van der Waals surface area contributed by atoms with Gasteiger partial charge < -0.3 is 9.26 Å². The van der Waals surface area contributed by atoms with Crippen molar-refractivity contribution in [3.8, 4) is 22.6 Å². The van der Waals surface area contributed by atoms with E-state index in [-0.39, 0.29) is 6.61 Å². The minimum absolute atomic E-state index is 0.232. The normalized spacial score (nSPS) is 10.8. The van der Waals surface area contributed by atoms with Crippen LogP contribution in [0.2, 0.25) is 0 Å². The average molecular weight is 454 g/mol. The maximum absolute atomic E-state index is 12.2. The molecule has 0 aliphatic carbocycles. The van der Waals surface area contributed by atoms with Crippen molar-refractivity contribution in [3.63, 3.8) is 0 Å². The smallest absolute Gasteiger partial charge is 0.356 e. The molecule has 8 nitrogen and oxygen atoms in total. The zero-order valence-electron chi connectivity index (χ0n) is 15.2. The number of hydrogen-bond donors (Lipinski definition) is 1. The van der Waals surface area contributed by atoms with Crippen LogP contribution in [0.4, 0.5) is 0 Å². The lowest BCUT2D eigenvalue weighted by Crippen LogP contribution is -2.07. The van der Waals surface area contributed by atoms with E-state index in [9.17, 15) is 4.79 Å². The van der Waals surface area contributed by atoms with Gasteiger partial charge in [-0.15, -0.1) is 0 Å². The lowest BCUT2D eigenvalue weighted by atomic mass is 10.1. The third kappa shape index (κ3) is 4.75. The molecule has 0 amide bonds. The number of hydrogen-bond acceptors (Lipinski definition) is 7. The number of carbonyl (C=O) groups excluding carboxylic acids is 1. The van der Waals surface area contributed by atoms with Crippen molar-refractivity contribution in [1.82, 2.24) is 25.3 Å². The quantitative estimate of drug-likeness (QED) is 0.331. The molecule has 0 atom stereocenters. The fraction of sp³-hybridized carbons (Fsp3) is 0.150. The Balaban J connectivity index is 1.26. The molecule has 9 heteroatoms. The average Bonchev–Trinajstić information content (AvgIpc) is 3.42. The predicted octanol–water partition coefficient (Wildman–Crippen LogP) is 4.07. The summed E-state index contributed by atoms with van der Waals surface area (Å²) >= 11 is 3.39. The Bertz CT molecular complexity index is 1090. The highest BCUT2D eigenvalue weighted by molar-refractivity contribution is 9.10. The van der Waals surface area contributed by atoms with Crippen LogP contribution in [0.1, 0.15) is 22.8 Å². The van der Waals surface area contributed by atoms with Gasteiger partial charge in [-0.1, -0.05) is 33.2 Å². The summed E-state index contributed by atoms with van der Waals surface area (Å²) < 4.78 is 11.5. The number of nitrogens with one attached hydrogen (secondary N) is 1. The molecule has 0 saturated heterocycles. The van der Waals surface area contributed by atoms with Gasteiger partial charge >= 0.3 is 5.97 Å². The van der Waals surface area contributed by atoms with E-state index in [0.29, 0.717) is 35.9 Å². The molecule has 0 saturated carbocycles. The number of aromatic amines is 1. The fourth-order valence-corrected chi connectivity index (χ4v) is 2.89. The second kappa shape index (κ2) is 8.78. The summed E-state index contributed by atoms with van der Waals surface area (Å²) in [5, 5.41) is 10.8. The Kier molecular flexibility index (Phi) is 5.76. The van der Waals surface area contributed by atoms with Gasteiger partial charge in [0.15, 0.2) is 0 Å². The Morgan fingerprint density at radius 1 is 1.17 bits per heavy atom. The summed E-state index contributed by atoms with van der Waals surface area (Å²) in [6.07, 6.45) is 4.42. The van der Waals surface area contributed by atoms with Crippen LogP contribution in [0.25, 0.3) is 22.6 Å². The van der Waals surface area contributed by atoms with E-state index in [1.807, 2.05) is 36.4 Å². The molecule has 0 radical (unpaired) electrons. The SMILES string of the molecule is O=C(OCCCc1nc(-c2cccnc2)no1)c1cc(-c2ccc(Br)cc2)n[nH]1. The zero-order valence-corrected chi connectivity index (χ0v) is 16.8. The van der Waals surface area contributed by atoms with Gasteiger partial charge in [-0.25, -0.2) is 4.79 Å². The van der Waals surface area contributed by atoms with Crippen LogP contribution in [0.15, 0.2) is 63.9 Å². The van der Waals surface area contributed by atoms with Crippen LogP contribution in [0, 0.1) is 0 Å². The van der Waals surface area contributed by atoms with Gasteiger partial charge in [-0.3, -0.25) is 10.1 Å². The monoisotopic (exact) mass is 453 g/mol. The summed E-state index contributed by atoms with van der Waals surface area (Å²) in [4.78, 5) is 20.5. The number of ether oxygens (including phenoxy) is 1. The molecule has 3 heterocycles. The molecule has 146 valence electrons. The number of carbonyl (C=O) groups is 1. The zero-order chi connectivity index (χ0) is 20.1. The number of aryl methyl sites for hydroxylation is 1. The highest BCUT2D eigenvalue weighted by Gasteiger charge is 2.13. The van der Waals surface area contributed by atoms with Gasteiger partial charge in [0.1, 0.15) is 5.69 Å². The summed E-state index contributed by atoms with van der Waals surface area (Å²) in [6.45, 7) is 0.232. The van der Waals surface area contributed by atoms with Crippen LogP contribution in [-0.4, -0.2) is 37.9 Å². The summed E-state index contributed by atoms with van der Waals surface area (Å²) in [5.74, 6) is 0.518. The second-order valence-electron chi connectivity index (χ2n) is 6.17. The van der Waals surface area contributed by atoms with Gasteiger partial charge in [0.25, 0.3) is 0 Å². The van der Waals surface area contributed by atoms with Crippen molar-refractivity contribution in [2.45, 2.75) is 12.8 Å². The van der Waals surface area contributed by atoms with Crippen LogP contribution in [0.5, 0.6) is 0 Å². The van der Waals surface area contributed by atoms with Crippen molar-refractivity contribution in [3.05, 3.63) is 70.9 Å². The molecule has 0 fully saturated rings. The summed E-state index contributed by atoms with van der Waals surface area (Å²) in [5.41, 5.74) is 2.68. The van der Waals surface area contributed by atoms with E-state index < -0.39 is 5.97 Å². The van der Waals surface area contributed by atoms with E-state index in [4.69, 9.17) is 9.26 Å². The van der Waals surface area contributed by atoms with Gasteiger partial charge in [-0.2, -0.15) is 10.1 Å². The first-order valence-corrected chi connectivity index (χ1v) is 9.70. The highest BCUT2D eigenvalue weighted by Crippen LogP contribution is 2.21. The standard InChI is InChI=1S/C20H16BrN5O3/c21-15-7-5-13(6-8-15)16-11-17(25-24-16)20(27)28-10-2-4-18-23-19(26-29-18)14-3-1-9-22-12-14/h1,3,5-9,11-12H,2,4,10H2,(H,24,25). The van der Waals surface area contributed by atoms with Gasteiger partial charge in [-0.05, 0) is 36.8 Å². The largest absolute Gasteiger partial charge is 0.461 e. The molecule has 3 aromatic heterocycles. The van der Waals surface area contributed by atoms with Gasteiger partial charge in [0.2, 0.25) is 11.7 Å². The number of pyridine rings is 1. The van der Waals surface area contributed by atoms with Crippen molar-refractivity contribution in [2.24, 2.45) is 0 Å². The molecule has 4 aromatic rings. The van der Waals surface area contributed by atoms with Crippen LogP contribution in [0.3, 0.4) is 0 Å². The van der Waals surface area contributed by atoms with E-state index in [1.54, 1.807) is 18.5 Å². The third-order valence-corrected chi connectivity index (χ3v) is 4.62. The van der Waals surface area contributed by atoms with Crippen molar-refractivity contribution >= 4 is 21.9 Å². The maximum Gasteiger partial charge on any atom is 0.356 e. The predicted molar refractivity (Wildman–Crippen MR) is 108 cm³/mol. The molecule has 0 aliphatic heterocycles. The highest BCUT2D eigenvalue weighted by atomic mass is 79.9. The number of H-pyrrole nitrogens is 1. The second-order valence-corrected chi connectivity index (χ2v) is 7.08. The summed E-state index contributed by atoms with van der Waals surface area (Å²) in [7, 11) is 0. The van der Waals surface area contributed by atoms with Gasteiger partial charge in [0.05, 0.1) is 12.3 Å². The first-order valence-electron chi connectivity index (χ1n) is 8.90. The van der Waals surface area contributed by atoms with Crippen LogP contribution in [-0.2, 0) is 11.2 Å². The molecule has 0 bridgehead atoms. The molecular weight excluding hydrogens is 438 g/mol. The lowest BCUT2D eigenvalue weighted by molar-refractivity contribution is 0.0491. The molecule has 1 aromatic carbocycles. The number of aromatic nitrogens is 5. The van der Waals surface area contributed by atoms with Crippen molar-refractivity contribution in [1.29, 1.82) is 0 Å². The van der Waals surface area contributed by atoms with Crippen LogP contribution < -0.4 is 0 Å². The van der Waals surface area contributed by atoms with E-state index in [0.717, 1.165) is 15.6 Å². The van der Waals surface area contributed by atoms with E-state index >= 15 is 0 Å². The summed E-state index contributed by atoms with van der Waals surface area (Å²) in [6, 6.07) is 13.0. The Labute approximate surface area is 174 Å². The minimum atomic E-state index is -0.456. The molecule has 4 rings (SSSR count). The van der Waals surface area contributed by atoms with Crippen LogP contribution >= 0.6 is 15.9 Å². The molecule has 0 unspecified atom stereocenters. The number of benzene rings is 1. The topological polar surface area (TPSA) is 107 Å². The molecule has 1 N–H and O–H groups in total. The number of halogens is 1. The van der Waals surface area contributed by atoms with Gasteiger partial charge in [0, 0.05) is 34.4 Å². The Morgan fingerprint density at radius 2 is 2.03 bits per heavy atom. The van der Waals surface area contributed by atoms with E-state index in [1.165, 1.54) is 0 Å². The third-order valence-electron chi connectivity index (χ3n) is 4.09. The number of nitrogens with zero attached hydrogens (tertiary/aromatic N) is 4. The Hall–Kier alpha value is -3.33. The molecule has 29 heavy (non-hydrogen) atoms. The number of rotatable bonds is 7. The first-order chi connectivity index (χ1) is 14.2. The Morgan fingerprint density at radius 3 is 2.83 bits per heavy atom. The lowest BCUT2D eigenvalue weighted by Gasteiger charge is -2.01. The van der Waals surface area contributed by atoms with Crippen molar-refractivity contribution in [2.75, 3.05) is 6.61 Å². The fourth-order valence-electron chi connectivity index (χ4n) is 2.63. The molecule has 0 aliphatic rings. The minimum Gasteiger partial charge on any atom is -0.461 e. The number of esters is 1. The molecule has 0 spiro atoms. The van der Waals surface area contributed by atoms with Crippen molar-refractivity contribution < 1.29 is 14.1 Å². The maximum atomic E-state index is 12.2.